The highest BCUT2D eigenvalue weighted by atomic mass is 19.1. The van der Waals surface area contributed by atoms with Gasteiger partial charge in [-0.05, 0) is 25.3 Å². The molecule has 1 aliphatic carbocycles. The average Bonchev–Trinajstić information content (AvgIpc) is 2.86. The molecule has 7 nitrogen and oxygen atoms in total. The zero-order valence-corrected chi connectivity index (χ0v) is 10.9. The maximum atomic E-state index is 13.3. The number of halogens is 1. The van der Waals surface area contributed by atoms with Crippen molar-refractivity contribution in [2.24, 2.45) is 5.92 Å². The van der Waals surface area contributed by atoms with Crippen molar-refractivity contribution in [3.8, 4) is 0 Å². The van der Waals surface area contributed by atoms with Crippen LogP contribution in [-0.4, -0.2) is 27.9 Å². The van der Waals surface area contributed by atoms with Crippen LogP contribution in [0.25, 0.3) is 0 Å². The maximum Gasteiger partial charge on any atom is 0.306 e. The lowest BCUT2D eigenvalue weighted by molar-refractivity contribution is -0.385. The molecule has 21 heavy (non-hydrogen) atoms. The monoisotopic (exact) mass is 296 g/mol. The Morgan fingerprint density at radius 1 is 1.33 bits per heavy atom. The van der Waals surface area contributed by atoms with Gasteiger partial charge >= 0.3 is 5.97 Å². The molecule has 0 aromatic heterocycles. The molecule has 1 amide bonds. The Bertz CT molecular complexity index is 604. The SMILES string of the molecule is O=C(N[C@H]1CC[C@@H](C(=O)O)C1)c1cc(F)cc([N+](=O)[O-])c1. The fourth-order valence-electron chi connectivity index (χ4n) is 2.42. The summed E-state index contributed by atoms with van der Waals surface area (Å²) in [5.74, 6) is -2.93. The molecule has 2 N–H and O–H groups in total. The Morgan fingerprint density at radius 3 is 2.62 bits per heavy atom. The van der Waals surface area contributed by atoms with Crippen molar-refractivity contribution in [2.45, 2.75) is 25.3 Å². The van der Waals surface area contributed by atoms with Crippen molar-refractivity contribution in [2.75, 3.05) is 0 Å². The molecule has 0 saturated heterocycles. The summed E-state index contributed by atoms with van der Waals surface area (Å²) in [4.78, 5) is 32.6. The molecule has 112 valence electrons. The molecular weight excluding hydrogens is 283 g/mol. The highest BCUT2D eigenvalue weighted by Gasteiger charge is 2.30. The number of nitro groups is 1. The molecule has 0 spiro atoms. The van der Waals surface area contributed by atoms with E-state index in [9.17, 15) is 24.1 Å². The fourth-order valence-corrected chi connectivity index (χ4v) is 2.42. The van der Waals surface area contributed by atoms with Gasteiger partial charge in [-0.15, -0.1) is 0 Å². The van der Waals surface area contributed by atoms with Gasteiger partial charge in [0.2, 0.25) is 0 Å². The van der Waals surface area contributed by atoms with Crippen LogP contribution in [-0.2, 0) is 4.79 Å². The van der Waals surface area contributed by atoms with Gasteiger partial charge < -0.3 is 10.4 Å². The molecule has 1 aromatic carbocycles. The van der Waals surface area contributed by atoms with Crippen molar-refractivity contribution >= 4 is 17.6 Å². The van der Waals surface area contributed by atoms with Gasteiger partial charge in [-0.1, -0.05) is 0 Å². The van der Waals surface area contributed by atoms with Crippen LogP contribution in [0, 0.1) is 21.8 Å². The van der Waals surface area contributed by atoms with E-state index < -0.39 is 34.2 Å². The third-order valence-corrected chi connectivity index (χ3v) is 3.47. The normalized spacial score (nSPS) is 21.0. The zero-order chi connectivity index (χ0) is 15.6. The first-order chi connectivity index (χ1) is 9.86. The summed E-state index contributed by atoms with van der Waals surface area (Å²) in [5.41, 5.74) is -0.657. The number of nitrogens with one attached hydrogen (secondary N) is 1. The van der Waals surface area contributed by atoms with Gasteiger partial charge in [0.05, 0.1) is 16.9 Å². The lowest BCUT2D eigenvalue weighted by Gasteiger charge is -2.12. The van der Waals surface area contributed by atoms with Crippen LogP contribution in [0.15, 0.2) is 18.2 Å². The quantitative estimate of drug-likeness (QED) is 0.649. The standard InChI is InChI=1S/C13H13FN2O5/c14-9-3-8(5-11(6-9)16(20)21)12(17)15-10-2-1-7(4-10)13(18)19/h3,5-7,10H,1-2,4H2,(H,15,17)(H,18,19)/t7-,10+/m1/s1. The molecule has 2 rings (SSSR count). The van der Waals surface area contributed by atoms with Gasteiger partial charge in [-0.3, -0.25) is 19.7 Å². The molecule has 0 aliphatic heterocycles. The van der Waals surface area contributed by atoms with Crippen LogP contribution in [0.5, 0.6) is 0 Å². The first-order valence-corrected chi connectivity index (χ1v) is 6.35. The summed E-state index contributed by atoms with van der Waals surface area (Å²) >= 11 is 0. The number of aliphatic carboxylic acids is 1. The van der Waals surface area contributed by atoms with Crippen molar-refractivity contribution in [1.29, 1.82) is 0 Å². The number of carbonyl (C=O) groups is 2. The van der Waals surface area contributed by atoms with Crippen molar-refractivity contribution in [1.82, 2.24) is 5.32 Å². The van der Waals surface area contributed by atoms with Crippen LogP contribution in [0.4, 0.5) is 10.1 Å². The topological polar surface area (TPSA) is 110 Å². The van der Waals surface area contributed by atoms with E-state index in [1.165, 1.54) is 0 Å². The Morgan fingerprint density at radius 2 is 2.05 bits per heavy atom. The van der Waals surface area contributed by atoms with E-state index >= 15 is 0 Å². The fraction of sp³-hybridized carbons (Fsp3) is 0.385. The van der Waals surface area contributed by atoms with E-state index in [4.69, 9.17) is 5.11 Å². The number of hydrogen-bond donors (Lipinski definition) is 2. The molecular formula is C13H13FN2O5. The average molecular weight is 296 g/mol. The van der Waals surface area contributed by atoms with Crippen LogP contribution < -0.4 is 5.32 Å². The molecule has 0 unspecified atom stereocenters. The molecule has 0 bridgehead atoms. The van der Waals surface area contributed by atoms with E-state index in [1.807, 2.05) is 0 Å². The van der Waals surface area contributed by atoms with Crippen molar-refractivity contribution in [3.63, 3.8) is 0 Å². The number of carboxylic acids is 1. The van der Waals surface area contributed by atoms with E-state index in [-0.39, 0.29) is 11.6 Å². The van der Waals surface area contributed by atoms with Gasteiger partial charge in [-0.2, -0.15) is 0 Å². The second-order valence-electron chi connectivity index (χ2n) is 4.97. The molecule has 1 aliphatic rings. The first kappa shape index (κ1) is 14.9. The number of amides is 1. The summed E-state index contributed by atoms with van der Waals surface area (Å²) in [5, 5.41) is 22.1. The van der Waals surface area contributed by atoms with Crippen LogP contribution >= 0.6 is 0 Å². The summed E-state index contributed by atoms with van der Waals surface area (Å²) in [6.07, 6.45) is 1.28. The number of rotatable bonds is 4. The lowest BCUT2D eigenvalue weighted by Crippen LogP contribution is -2.33. The van der Waals surface area contributed by atoms with Crippen molar-refractivity contribution in [3.05, 3.63) is 39.7 Å². The number of nitrogens with zero attached hydrogens (tertiary/aromatic N) is 1. The number of nitro benzene ring substituents is 1. The van der Waals surface area contributed by atoms with Crippen LogP contribution in [0.3, 0.4) is 0 Å². The summed E-state index contributed by atoms with van der Waals surface area (Å²) in [6.45, 7) is 0. The number of benzene rings is 1. The minimum atomic E-state index is -0.909. The summed E-state index contributed by atoms with van der Waals surface area (Å²) < 4.78 is 13.3. The van der Waals surface area contributed by atoms with Gasteiger partial charge in [0.1, 0.15) is 5.82 Å². The van der Waals surface area contributed by atoms with Crippen LogP contribution in [0.1, 0.15) is 29.6 Å². The minimum Gasteiger partial charge on any atom is -0.481 e. The van der Waals surface area contributed by atoms with E-state index in [1.54, 1.807) is 0 Å². The summed E-state index contributed by atoms with van der Waals surface area (Å²) in [6, 6.07) is 2.31. The van der Waals surface area contributed by atoms with E-state index in [2.05, 4.69) is 5.32 Å². The number of non-ortho nitro benzene ring substituents is 1. The van der Waals surface area contributed by atoms with Crippen LogP contribution in [0.2, 0.25) is 0 Å². The number of hydrogen-bond acceptors (Lipinski definition) is 4. The molecule has 8 heteroatoms. The highest BCUT2D eigenvalue weighted by Crippen LogP contribution is 2.26. The van der Waals surface area contributed by atoms with E-state index in [0.29, 0.717) is 19.3 Å². The predicted octanol–water partition coefficient (Wildman–Crippen LogP) is 1.72. The third kappa shape index (κ3) is 3.53. The first-order valence-electron chi connectivity index (χ1n) is 6.35. The lowest BCUT2D eigenvalue weighted by atomic mass is 10.1. The summed E-state index contributed by atoms with van der Waals surface area (Å²) in [7, 11) is 0. The molecule has 1 aromatic rings. The van der Waals surface area contributed by atoms with Crippen molar-refractivity contribution < 1.29 is 24.0 Å². The predicted molar refractivity (Wildman–Crippen MR) is 69.3 cm³/mol. The van der Waals surface area contributed by atoms with Gasteiger partial charge in [-0.25, -0.2) is 4.39 Å². The number of carboxylic acid groups (broad SMARTS) is 1. The molecule has 0 heterocycles. The van der Waals surface area contributed by atoms with E-state index in [0.717, 1.165) is 18.2 Å². The second-order valence-corrected chi connectivity index (χ2v) is 4.97. The molecule has 2 atom stereocenters. The largest absolute Gasteiger partial charge is 0.481 e. The Labute approximate surface area is 118 Å². The molecule has 0 radical (unpaired) electrons. The third-order valence-electron chi connectivity index (χ3n) is 3.47. The zero-order valence-electron chi connectivity index (χ0n) is 10.9. The number of carbonyl (C=O) groups excluding carboxylic acids is 1. The Kier molecular flexibility index (Phi) is 4.15. The highest BCUT2D eigenvalue weighted by molar-refractivity contribution is 5.95. The van der Waals surface area contributed by atoms with Gasteiger partial charge in [0.15, 0.2) is 0 Å². The Hall–Kier alpha value is -2.51. The minimum absolute atomic E-state index is 0.152. The Balaban J connectivity index is 2.07. The smallest absolute Gasteiger partial charge is 0.306 e. The van der Waals surface area contributed by atoms with Gasteiger partial charge in [0, 0.05) is 17.7 Å². The van der Waals surface area contributed by atoms with Gasteiger partial charge in [0.25, 0.3) is 11.6 Å². The maximum absolute atomic E-state index is 13.3. The molecule has 1 fully saturated rings. The second kappa shape index (κ2) is 5.86. The molecule has 1 saturated carbocycles.